The Morgan fingerprint density at radius 3 is 2.48 bits per heavy atom. The second-order valence-electron chi connectivity index (χ2n) is 6.10. The second kappa shape index (κ2) is 7.59. The van der Waals surface area contributed by atoms with Gasteiger partial charge in [0.05, 0.1) is 6.54 Å². The highest BCUT2D eigenvalue weighted by atomic mass is 79.9. The molecule has 4 aromatic rings. The Bertz CT molecular complexity index is 1120. The summed E-state index contributed by atoms with van der Waals surface area (Å²) in [5.74, 6) is 1.30. The Balaban J connectivity index is 1.50. The minimum absolute atomic E-state index is 0.163. The lowest BCUT2D eigenvalue weighted by Gasteiger charge is -2.08. The van der Waals surface area contributed by atoms with E-state index in [9.17, 15) is 4.79 Å². The fourth-order valence-electron chi connectivity index (χ4n) is 2.97. The highest BCUT2D eigenvalue weighted by molar-refractivity contribution is 9.10. The molecule has 0 aliphatic heterocycles. The number of carbonyl (C=O) groups excluding carboxylic acids is 1. The standard InChI is InChI=1S/C22H15BrClNO2/c23-15-9-7-14(8-10-15)21-12-11-16(27-21)13-25-22(26)19-5-1-4-18-17(19)3-2-6-20(18)24/h1-12H,13H2,(H,25,26). The summed E-state index contributed by atoms with van der Waals surface area (Å²) in [4.78, 5) is 12.7. The predicted octanol–water partition coefficient (Wildman–Crippen LogP) is 6.45. The van der Waals surface area contributed by atoms with Crippen LogP contribution in [0.3, 0.4) is 0 Å². The lowest BCUT2D eigenvalue weighted by Crippen LogP contribution is -2.22. The van der Waals surface area contributed by atoms with Crippen LogP contribution in [-0.2, 0) is 6.54 Å². The molecule has 5 heteroatoms. The molecule has 0 radical (unpaired) electrons. The molecule has 1 N–H and O–H groups in total. The molecule has 0 spiro atoms. The third-order valence-corrected chi connectivity index (χ3v) is 5.19. The number of fused-ring (bicyclic) bond motifs is 1. The molecule has 0 saturated heterocycles. The first-order valence-corrected chi connectivity index (χ1v) is 9.59. The van der Waals surface area contributed by atoms with Gasteiger partial charge < -0.3 is 9.73 Å². The minimum Gasteiger partial charge on any atom is -0.459 e. The van der Waals surface area contributed by atoms with Crippen LogP contribution in [0.1, 0.15) is 16.1 Å². The molecule has 1 heterocycles. The molecule has 1 amide bonds. The lowest BCUT2D eigenvalue weighted by atomic mass is 10.0. The third kappa shape index (κ3) is 3.77. The van der Waals surface area contributed by atoms with Crippen molar-refractivity contribution in [1.29, 1.82) is 0 Å². The highest BCUT2D eigenvalue weighted by Crippen LogP contribution is 2.26. The number of hydrogen-bond donors (Lipinski definition) is 1. The molecule has 134 valence electrons. The summed E-state index contributed by atoms with van der Waals surface area (Å²) in [6.07, 6.45) is 0. The summed E-state index contributed by atoms with van der Waals surface area (Å²) in [5.41, 5.74) is 1.58. The van der Waals surface area contributed by atoms with E-state index in [1.807, 2.05) is 66.7 Å². The SMILES string of the molecule is O=C(NCc1ccc(-c2ccc(Br)cc2)o1)c1cccc2c(Cl)cccc12. The van der Waals surface area contributed by atoms with Crippen LogP contribution in [-0.4, -0.2) is 5.91 Å². The van der Waals surface area contributed by atoms with E-state index in [4.69, 9.17) is 16.0 Å². The summed E-state index contributed by atoms with van der Waals surface area (Å²) < 4.78 is 6.87. The molecule has 27 heavy (non-hydrogen) atoms. The largest absolute Gasteiger partial charge is 0.459 e. The van der Waals surface area contributed by atoms with Crippen molar-refractivity contribution in [2.45, 2.75) is 6.54 Å². The molecule has 0 atom stereocenters. The molecule has 0 aliphatic rings. The number of hydrogen-bond acceptors (Lipinski definition) is 2. The van der Waals surface area contributed by atoms with Gasteiger partial charge in [-0.25, -0.2) is 0 Å². The van der Waals surface area contributed by atoms with E-state index in [0.717, 1.165) is 26.6 Å². The molecule has 0 fully saturated rings. The van der Waals surface area contributed by atoms with Crippen molar-refractivity contribution in [3.8, 4) is 11.3 Å². The number of nitrogens with one attached hydrogen (secondary N) is 1. The quantitative estimate of drug-likeness (QED) is 0.396. The van der Waals surface area contributed by atoms with Gasteiger partial charge in [0, 0.05) is 26.0 Å². The van der Waals surface area contributed by atoms with E-state index in [0.29, 0.717) is 22.9 Å². The number of halogens is 2. The number of furan rings is 1. The fraction of sp³-hybridized carbons (Fsp3) is 0.0455. The van der Waals surface area contributed by atoms with Crippen LogP contribution in [0, 0.1) is 0 Å². The smallest absolute Gasteiger partial charge is 0.252 e. The minimum atomic E-state index is -0.163. The molecular weight excluding hydrogens is 426 g/mol. The van der Waals surface area contributed by atoms with Crippen LogP contribution >= 0.6 is 27.5 Å². The van der Waals surface area contributed by atoms with E-state index in [1.54, 1.807) is 6.07 Å². The van der Waals surface area contributed by atoms with E-state index >= 15 is 0 Å². The highest BCUT2D eigenvalue weighted by Gasteiger charge is 2.12. The number of amides is 1. The van der Waals surface area contributed by atoms with Crippen molar-refractivity contribution in [2.24, 2.45) is 0 Å². The van der Waals surface area contributed by atoms with Gasteiger partial charge in [0.1, 0.15) is 11.5 Å². The van der Waals surface area contributed by atoms with Crippen LogP contribution < -0.4 is 5.32 Å². The number of benzene rings is 3. The molecule has 0 saturated carbocycles. The lowest BCUT2D eigenvalue weighted by molar-refractivity contribution is 0.0950. The Labute approximate surface area is 170 Å². The average Bonchev–Trinajstić information content (AvgIpc) is 3.16. The third-order valence-electron chi connectivity index (χ3n) is 4.33. The molecule has 0 aliphatic carbocycles. The fourth-order valence-corrected chi connectivity index (χ4v) is 3.48. The molecule has 4 rings (SSSR count). The van der Waals surface area contributed by atoms with Crippen molar-refractivity contribution < 1.29 is 9.21 Å². The normalized spacial score (nSPS) is 10.9. The predicted molar refractivity (Wildman–Crippen MR) is 112 cm³/mol. The summed E-state index contributed by atoms with van der Waals surface area (Å²) >= 11 is 9.65. The van der Waals surface area contributed by atoms with Gasteiger partial charge in [-0.15, -0.1) is 0 Å². The molecule has 3 nitrogen and oxygen atoms in total. The summed E-state index contributed by atoms with van der Waals surface area (Å²) in [6, 6.07) is 22.8. The second-order valence-corrected chi connectivity index (χ2v) is 7.42. The van der Waals surface area contributed by atoms with E-state index < -0.39 is 0 Å². The van der Waals surface area contributed by atoms with Crippen molar-refractivity contribution in [3.63, 3.8) is 0 Å². The van der Waals surface area contributed by atoms with E-state index in [1.165, 1.54) is 0 Å². The van der Waals surface area contributed by atoms with Crippen LogP contribution in [0.4, 0.5) is 0 Å². The first-order chi connectivity index (χ1) is 13.1. The van der Waals surface area contributed by atoms with Crippen LogP contribution in [0.15, 0.2) is 81.7 Å². The number of carbonyl (C=O) groups is 1. The Morgan fingerprint density at radius 2 is 1.67 bits per heavy atom. The Morgan fingerprint density at radius 1 is 0.926 bits per heavy atom. The molecule has 3 aromatic carbocycles. The van der Waals surface area contributed by atoms with Crippen molar-refractivity contribution >= 4 is 44.2 Å². The summed E-state index contributed by atoms with van der Waals surface area (Å²) in [7, 11) is 0. The van der Waals surface area contributed by atoms with Crippen LogP contribution in [0.5, 0.6) is 0 Å². The van der Waals surface area contributed by atoms with Gasteiger partial charge in [-0.3, -0.25) is 4.79 Å². The van der Waals surface area contributed by atoms with Gasteiger partial charge >= 0.3 is 0 Å². The Kier molecular flexibility index (Phi) is 5.01. The van der Waals surface area contributed by atoms with Gasteiger partial charge in [0.15, 0.2) is 0 Å². The van der Waals surface area contributed by atoms with Gasteiger partial charge in [-0.2, -0.15) is 0 Å². The zero-order chi connectivity index (χ0) is 18.8. The first kappa shape index (κ1) is 17.8. The molecule has 0 unspecified atom stereocenters. The summed E-state index contributed by atoms with van der Waals surface area (Å²) in [5, 5.41) is 5.24. The van der Waals surface area contributed by atoms with E-state index in [2.05, 4.69) is 21.2 Å². The molecule has 0 bridgehead atoms. The topological polar surface area (TPSA) is 42.2 Å². The molecule has 1 aromatic heterocycles. The van der Waals surface area contributed by atoms with Crippen LogP contribution in [0.2, 0.25) is 5.02 Å². The van der Waals surface area contributed by atoms with E-state index in [-0.39, 0.29) is 5.91 Å². The van der Waals surface area contributed by atoms with Crippen molar-refractivity contribution in [2.75, 3.05) is 0 Å². The van der Waals surface area contributed by atoms with Crippen molar-refractivity contribution in [1.82, 2.24) is 5.32 Å². The first-order valence-electron chi connectivity index (χ1n) is 8.42. The zero-order valence-electron chi connectivity index (χ0n) is 14.2. The van der Waals surface area contributed by atoms with Gasteiger partial charge in [-0.1, -0.05) is 63.9 Å². The maximum Gasteiger partial charge on any atom is 0.252 e. The Hall–Kier alpha value is -2.56. The van der Waals surface area contributed by atoms with Gasteiger partial charge in [0.25, 0.3) is 5.91 Å². The molecular formula is C22H15BrClNO2. The van der Waals surface area contributed by atoms with Gasteiger partial charge in [-0.05, 0) is 41.8 Å². The van der Waals surface area contributed by atoms with Crippen LogP contribution in [0.25, 0.3) is 22.1 Å². The summed E-state index contributed by atoms with van der Waals surface area (Å²) in [6.45, 7) is 0.312. The maximum absolute atomic E-state index is 12.7. The average molecular weight is 441 g/mol. The maximum atomic E-state index is 12.7. The number of rotatable bonds is 4. The zero-order valence-corrected chi connectivity index (χ0v) is 16.5. The van der Waals surface area contributed by atoms with Crippen molar-refractivity contribution in [3.05, 3.63) is 93.6 Å². The van der Waals surface area contributed by atoms with Gasteiger partial charge in [0.2, 0.25) is 0 Å². The monoisotopic (exact) mass is 439 g/mol.